The highest BCUT2D eigenvalue weighted by atomic mass is 79.9. The highest BCUT2D eigenvalue weighted by Gasteiger charge is 2.10. The minimum atomic E-state index is -0.411. The predicted molar refractivity (Wildman–Crippen MR) is 90.8 cm³/mol. The summed E-state index contributed by atoms with van der Waals surface area (Å²) < 4.78 is 19.5. The van der Waals surface area contributed by atoms with Gasteiger partial charge in [-0.1, -0.05) is 41.5 Å². The van der Waals surface area contributed by atoms with E-state index < -0.39 is 5.82 Å². The van der Waals surface area contributed by atoms with Gasteiger partial charge in [-0.05, 0) is 39.7 Å². The van der Waals surface area contributed by atoms with E-state index in [1.165, 1.54) is 12.1 Å². The van der Waals surface area contributed by atoms with E-state index in [-0.39, 0.29) is 11.6 Å². The number of halogens is 4. The van der Waals surface area contributed by atoms with Crippen molar-refractivity contribution in [2.24, 2.45) is 5.73 Å². The summed E-state index contributed by atoms with van der Waals surface area (Å²) in [6.07, 6.45) is 0. The SMILES string of the molecule is NC(=S)c1cc(F)ccc1COc1cc(Cl)c(Br)cc1Cl. The summed E-state index contributed by atoms with van der Waals surface area (Å²) in [5.41, 5.74) is 6.68. The molecular weight excluding hydrogens is 400 g/mol. The molecule has 0 aliphatic carbocycles. The third-order valence-corrected chi connectivity index (χ3v) is 4.41. The van der Waals surface area contributed by atoms with Crippen molar-refractivity contribution < 1.29 is 9.13 Å². The third-order valence-electron chi connectivity index (χ3n) is 2.70. The first-order valence-electron chi connectivity index (χ1n) is 5.74. The molecule has 0 heterocycles. The van der Waals surface area contributed by atoms with Gasteiger partial charge in [0.25, 0.3) is 0 Å². The molecule has 0 fully saturated rings. The van der Waals surface area contributed by atoms with Crippen LogP contribution in [0.5, 0.6) is 5.75 Å². The van der Waals surface area contributed by atoms with Gasteiger partial charge in [-0.2, -0.15) is 0 Å². The quantitative estimate of drug-likeness (QED) is 0.564. The van der Waals surface area contributed by atoms with Crippen LogP contribution in [0.4, 0.5) is 4.39 Å². The smallest absolute Gasteiger partial charge is 0.139 e. The summed E-state index contributed by atoms with van der Waals surface area (Å²) >= 11 is 20.2. The Balaban J connectivity index is 2.25. The molecule has 7 heteroatoms. The lowest BCUT2D eigenvalue weighted by Gasteiger charge is -2.12. The van der Waals surface area contributed by atoms with Crippen LogP contribution in [0.25, 0.3) is 0 Å². The first-order valence-corrected chi connectivity index (χ1v) is 7.69. The van der Waals surface area contributed by atoms with Crippen LogP contribution < -0.4 is 10.5 Å². The second kappa shape index (κ2) is 6.92. The maximum Gasteiger partial charge on any atom is 0.139 e. The summed E-state index contributed by atoms with van der Waals surface area (Å²) in [7, 11) is 0. The zero-order valence-electron chi connectivity index (χ0n) is 10.5. The van der Waals surface area contributed by atoms with Crippen LogP contribution in [-0.2, 0) is 6.61 Å². The van der Waals surface area contributed by atoms with Crippen LogP contribution in [0.1, 0.15) is 11.1 Å². The van der Waals surface area contributed by atoms with Gasteiger partial charge in [0.05, 0.1) is 10.0 Å². The summed E-state index contributed by atoms with van der Waals surface area (Å²) in [4.78, 5) is 0.105. The molecule has 0 saturated heterocycles. The molecule has 0 spiro atoms. The van der Waals surface area contributed by atoms with Crippen molar-refractivity contribution in [2.75, 3.05) is 0 Å². The summed E-state index contributed by atoms with van der Waals surface area (Å²) in [5.74, 6) is 0.00866. The van der Waals surface area contributed by atoms with E-state index in [1.807, 2.05) is 0 Å². The standard InChI is InChI=1S/C14H9BrCl2FNOS/c15-10-4-12(17)13(5-11(10)16)20-6-7-1-2-8(18)3-9(7)14(19)21/h1-5H,6H2,(H2,19,21). The number of thiocarbonyl (C=S) groups is 1. The van der Waals surface area contributed by atoms with E-state index >= 15 is 0 Å². The molecule has 2 aromatic rings. The Kier molecular flexibility index (Phi) is 5.43. The van der Waals surface area contributed by atoms with E-state index in [1.54, 1.807) is 18.2 Å². The van der Waals surface area contributed by atoms with Gasteiger partial charge in [0, 0.05) is 16.1 Å². The highest BCUT2D eigenvalue weighted by molar-refractivity contribution is 9.10. The fraction of sp³-hybridized carbons (Fsp3) is 0.0714. The Hall–Kier alpha value is -0.880. The minimum absolute atomic E-state index is 0.105. The van der Waals surface area contributed by atoms with E-state index in [0.29, 0.717) is 31.4 Å². The van der Waals surface area contributed by atoms with Gasteiger partial charge in [0.2, 0.25) is 0 Å². The van der Waals surface area contributed by atoms with Crippen LogP contribution in [0.3, 0.4) is 0 Å². The topological polar surface area (TPSA) is 35.2 Å². The van der Waals surface area contributed by atoms with Crippen molar-refractivity contribution in [1.82, 2.24) is 0 Å². The molecular formula is C14H9BrCl2FNOS. The average Bonchev–Trinajstić information content (AvgIpc) is 2.42. The lowest BCUT2D eigenvalue weighted by atomic mass is 10.1. The lowest BCUT2D eigenvalue weighted by Crippen LogP contribution is -2.14. The van der Waals surface area contributed by atoms with Gasteiger partial charge in [0.1, 0.15) is 23.2 Å². The molecule has 2 nitrogen and oxygen atoms in total. The van der Waals surface area contributed by atoms with E-state index in [2.05, 4.69) is 15.9 Å². The van der Waals surface area contributed by atoms with E-state index in [0.717, 1.165) is 0 Å². The molecule has 2 N–H and O–H groups in total. The second-order valence-corrected chi connectivity index (χ2v) is 6.26. The zero-order valence-corrected chi connectivity index (χ0v) is 14.4. The fourth-order valence-electron chi connectivity index (χ4n) is 1.67. The number of ether oxygens (including phenoxy) is 1. The molecule has 2 rings (SSSR count). The van der Waals surface area contributed by atoms with Crippen LogP contribution in [0, 0.1) is 5.82 Å². The predicted octanol–water partition coefficient (Wildman–Crippen LogP) is 5.11. The molecule has 0 unspecified atom stereocenters. The molecule has 0 radical (unpaired) electrons. The Morgan fingerprint density at radius 3 is 2.62 bits per heavy atom. The van der Waals surface area contributed by atoms with Crippen LogP contribution >= 0.6 is 51.3 Å². The van der Waals surface area contributed by atoms with Gasteiger partial charge < -0.3 is 10.5 Å². The van der Waals surface area contributed by atoms with Gasteiger partial charge in [0.15, 0.2) is 0 Å². The van der Waals surface area contributed by atoms with Crippen molar-refractivity contribution in [2.45, 2.75) is 6.61 Å². The molecule has 0 amide bonds. The molecule has 0 saturated carbocycles. The van der Waals surface area contributed by atoms with Crippen LogP contribution in [-0.4, -0.2) is 4.99 Å². The summed E-state index contributed by atoms with van der Waals surface area (Å²) in [6.45, 7) is 0.143. The molecule has 21 heavy (non-hydrogen) atoms. The largest absolute Gasteiger partial charge is 0.487 e. The van der Waals surface area contributed by atoms with Crippen molar-refractivity contribution >= 4 is 56.3 Å². The first-order chi connectivity index (χ1) is 9.88. The van der Waals surface area contributed by atoms with E-state index in [9.17, 15) is 4.39 Å². The van der Waals surface area contributed by atoms with Crippen molar-refractivity contribution in [1.29, 1.82) is 0 Å². The third kappa shape index (κ3) is 4.07. The zero-order chi connectivity index (χ0) is 15.6. The van der Waals surface area contributed by atoms with Crippen LogP contribution in [0.2, 0.25) is 10.0 Å². The van der Waals surface area contributed by atoms with Gasteiger partial charge in [-0.3, -0.25) is 0 Å². The minimum Gasteiger partial charge on any atom is -0.487 e. The van der Waals surface area contributed by atoms with Gasteiger partial charge in [-0.15, -0.1) is 0 Å². The fourth-order valence-corrected chi connectivity index (χ4v) is 2.71. The molecule has 0 aliphatic rings. The second-order valence-electron chi connectivity index (χ2n) is 4.15. The van der Waals surface area contributed by atoms with Crippen molar-refractivity contribution in [3.63, 3.8) is 0 Å². The molecule has 0 bridgehead atoms. The Morgan fingerprint density at radius 2 is 1.95 bits per heavy atom. The van der Waals surface area contributed by atoms with Crippen molar-refractivity contribution in [3.05, 3.63) is 61.8 Å². The maximum absolute atomic E-state index is 13.2. The summed E-state index contributed by atoms with van der Waals surface area (Å²) in [6, 6.07) is 7.39. The average molecular weight is 409 g/mol. The number of nitrogens with two attached hydrogens (primary N) is 1. The normalized spacial score (nSPS) is 10.5. The number of hydrogen-bond acceptors (Lipinski definition) is 2. The molecule has 0 aromatic heterocycles. The van der Waals surface area contributed by atoms with Gasteiger partial charge in [-0.25, -0.2) is 4.39 Å². The van der Waals surface area contributed by atoms with Gasteiger partial charge >= 0.3 is 0 Å². The number of rotatable bonds is 4. The van der Waals surface area contributed by atoms with Crippen molar-refractivity contribution in [3.8, 4) is 5.75 Å². The lowest BCUT2D eigenvalue weighted by molar-refractivity contribution is 0.306. The molecule has 0 aliphatic heterocycles. The Morgan fingerprint density at radius 1 is 1.24 bits per heavy atom. The Bertz CT molecular complexity index is 712. The Labute approximate surface area is 145 Å². The molecule has 110 valence electrons. The van der Waals surface area contributed by atoms with E-state index in [4.69, 9.17) is 45.9 Å². The number of hydrogen-bond donors (Lipinski definition) is 1. The molecule has 0 atom stereocenters. The monoisotopic (exact) mass is 407 g/mol. The number of benzene rings is 2. The molecule has 2 aromatic carbocycles. The summed E-state index contributed by atoms with van der Waals surface area (Å²) in [5, 5.41) is 0.883. The highest BCUT2D eigenvalue weighted by Crippen LogP contribution is 2.34. The maximum atomic E-state index is 13.2. The van der Waals surface area contributed by atoms with Crippen LogP contribution in [0.15, 0.2) is 34.8 Å². The first kappa shape index (κ1) is 16.5.